The average molecular weight is 393 g/mol. The number of hydrogen-bond donors (Lipinski definition) is 1. The van der Waals surface area contributed by atoms with Crippen LogP contribution in [0.4, 0.5) is 13.2 Å². The molecule has 0 aliphatic heterocycles. The molecule has 9 heteroatoms. The lowest BCUT2D eigenvalue weighted by Gasteiger charge is -2.30. The number of carbonyl (C=O) groups is 1. The standard InChI is InChI=1S/C17H22F3NO4S/c1-10-6-4-5-7-14(10)21-16(22)15-11(2)8-13(9-12(15)3)25-26(23,24)17(18,19)20/h8-10,14H,4-7H2,1-3H3,(H,21,22). The number of benzene rings is 1. The first kappa shape index (κ1) is 20.5. The Balaban J connectivity index is 2.22. The molecule has 26 heavy (non-hydrogen) atoms. The van der Waals surface area contributed by atoms with Crippen molar-refractivity contribution < 1.29 is 30.6 Å². The number of carbonyl (C=O) groups excluding carboxylic acids is 1. The normalized spacial score (nSPS) is 21.3. The monoisotopic (exact) mass is 393 g/mol. The summed E-state index contributed by atoms with van der Waals surface area (Å²) in [6.45, 7) is 5.13. The number of nitrogens with one attached hydrogen (secondary N) is 1. The molecule has 0 spiro atoms. The molecular weight excluding hydrogens is 371 g/mol. The van der Waals surface area contributed by atoms with Crippen molar-refractivity contribution in [3.8, 4) is 5.75 Å². The summed E-state index contributed by atoms with van der Waals surface area (Å²) in [6, 6.07) is 2.29. The van der Waals surface area contributed by atoms with E-state index in [0.717, 1.165) is 37.8 Å². The van der Waals surface area contributed by atoms with Crippen LogP contribution in [0.5, 0.6) is 5.75 Å². The summed E-state index contributed by atoms with van der Waals surface area (Å²) in [4.78, 5) is 12.6. The molecule has 1 saturated carbocycles. The number of aryl methyl sites for hydroxylation is 2. The van der Waals surface area contributed by atoms with Crippen molar-refractivity contribution in [2.24, 2.45) is 5.92 Å². The third-order valence-electron chi connectivity index (χ3n) is 4.65. The van der Waals surface area contributed by atoms with Crippen LogP contribution in [0.2, 0.25) is 0 Å². The molecule has 0 saturated heterocycles. The molecule has 1 N–H and O–H groups in total. The minimum atomic E-state index is -5.75. The van der Waals surface area contributed by atoms with Gasteiger partial charge in [-0.15, -0.1) is 0 Å². The van der Waals surface area contributed by atoms with Crippen LogP contribution >= 0.6 is 0 Å². The van der Waals surface area contributed by atoms with Crippen LogP contribution in [0, 0.1) is 19.8 Å². The Bertz CT molecular complexity index is 767. The van der Waals surface area contributed by atoms with Gasteiger partial charge in [0.25, 0.3) is 5.91 Å². The quantitative estimate of drug-likeness (QED) is 0.623. The molecule has 2 unspecified atom stereocenters. The molecule has 0 radical (unpaired) electrons. The largest absolute Gasteiger partial charge is 0.534 e. The third-order valence-corrected chi connectivity index (χ3v) is 5.63. The van der Waals surface area contributed by atoms with Crippen LogP contribution in [0.25, 0.3) is 0 Å². The minimum absolute atomic E-state index is 0.0524. The van der Waals surface area contributed by atoms with Gasteiger partial charge in [0.05, 0.1) is 0 Å². The van der Waals surface area contributed by atoms with Gasteiger partial charge in [-0.1, -0.05) is 19.8 Å². The van der Waals surface area contributed by atoms with Crippen LogP contribution in [0.15, 0.2) is 12.1 Å². The lowest BCUT2D eigenvalue weighted by atomic mass is 9.85. The van der Waals surface area contributed by atoms with Crippen molar-refractivity contribution in [2.45, 2.75) is 58.0 Å². The summed E-state index contributed by atoms with van der Waals surface area (Å²) < 4.78 is 63.8. The maximum absolute atomic E-state index is 12.6. The molecule has 0 aromatic heterocycles. The fourth-order valence-corrected chi connectivity index (χ4v) is 3.72. The van der Waals surface area contributed by atoms with E-state index in [2.05, 4.69) is 16.4 Å². The molecule has 1 aliphatic rings. The fraction of sp³-hybridized carbons (Fsp3) is 0.588. The highest BCUT2D eigenvalue weighted by Gasteiger charge is 2.48. The van der Waals surface area contributed by atoms with E-state index in [1.807, 2.05) is 0 Å². The molecule has 1 amide bonds. The summed E-state index contributed by atoms with van der Waals surface area (Å²) in [5.41, 5.74) is -4.50. The van der Waals surface area contributed by atoms with Gasteiger partial charge in [0, 0.05) is 11.6 Å². The van der Waals surface area contributed by atoms with E-state index in [9.17, 15) is 26.4 Å². The zero-order chi connectivity index (χ0) is 19.7. The fourth-order valence-electron chi connectivity index (χ4n) is 3.28. The second-order valence-corrected chi connectivity index (χ2v) is 8.29. The number of alkyl halides is 3. The molecule has 1 aliphatic carbocycles. The number of amides is 1. The second-order valence-electron chi connectivity index (χ2n) is 6.76. The molecule has 1 fully saturated rings. The van der Waals surface area contributed by atoms with E-state index in [4.69, 9.17) is 0 Å². The van der Waals surface area contributed by atoms with Gasteiger partial charge in [0.15, 0.2) is 0 Å². The number of halogens is 3. The summed E-state index contributed by atoms with van der Waals surface area (Å²) in [6.07, 6.45) is 4.08. The van der Waals surface area contributed by atoms with Crippen molar-refractivity contribution in [1.82, 2.24) is 5.32 Å². The highest BCUT2D eigenvalue weighted by Crippen LogP contribution is 2.30. The summed E-state index contributed by atoms with van der Waals surface area (Å²) >= 11 is 0. The first-order chi connectivity index (χ1) is 11.9. The summed E-state index contributed by atoms with van der Waals surface area (Å²) in [5.74, 6) is -0.434. The SMILES string of the molecule is Cc1cc(OS(=O)(=O)C(F)(F)F)cc(C)c1C(=O)NC1CCCCC1C. The minimum Gasteiger partial charge on any atom is -0.376 e. The maximum atomic E-state index is 12.6. The molecule has 146 valence electrons. The highest BCUT2D eigenvalue weighted by atomic mass is 32.2. The molecule has 0 heterocycles. The predicted molar refractivity (Wildman–Crippen MR) is 90.4 cm³/mol. The lowest BCUT2D eigenvalue weighted by molar-refractivity contribution is -0.0500. The zero-order valence-corrected chi connectivity index (χ0v) is 15.6. The summed E-state index contributed by atoms with van der Waals surface area (Å²) in [7, 11) is -5.75. The molecular formula is C17H22F3NO4S. The van der Waals surface area contributed by atoms with Crippen LogP contribution in [0.3, 0.4) is 0 Å². The van der Waals surface area contributed by atoms with E-state index in [1.54, 1.807) is 0 Å². The zero-order valence-electron chi connectivity index (χ0n) is 14.8. The maximum Gasteiger partial charge on any atom is 0.534 e. The highest BCUT2D eigenvalue weighted by molar-refractivity contribution is 7.88. The first-order valence-electron chi connectivity index (χ1n) is 8.35. The second kappa shape index (κ2) is 7.46. The third kappa shape index (κ3) is 4.49. The van der Waals surface area contributed by atoms with Gasteiger partial charge in [0.2, 0.25) is 0 Å². The van der Waals surface area contributed by atoms with Crippen molar-refractivity contribution in [1.29, 1.82) is 0 Å². The molecule has 5 nitrogen and oxygen atoms in total. The van der Waals surface area contributed by atoms with Gasteiger partial charge in [-0.3, -0.25) is 4.79 Å². The van der Waals surface area contributed by atoms with Crippen molar-refractivity contribution in [3.05, 3.63) is 28.8 Å². The van der Waals surface area contributed by atoms with Crippen molar-refractivity contribution in [3.63, 3.8) is 0 Å². The van der Waals surface area contributed by atoms with Gasteiger partial charge in [-0.05, 0) is 55.9 Å². The van der Waals surface area contributed by atoms with Crippen LogP contribution in [-0.4, -0.2) is 25.9 Å². The van der Waals surface area contributed by atoms with E-state index in [1.165, 1.54) is 13.8 Å². The van der Waals surface area contributed by atoms with Crippen LogP contribution in [-0.2, 0) is 10.1 Å². The van der Waals surface area contributed by atoms with Gasteiger partial charge < -0.3 is 9.50 Å². The van der Waals surface area contributed by atoms with E-state index in [-0.39, 0.29) is 11.9 Å². The lowest BCUT2D eigenvalue weighted by Crippen LogP contribution is -2.41. The van der Waals surface area contributed by atoms with E-state index >= 15 is 0 Å². The van der Waals surface area contributed by atoms with Crippen LogP contribution < -0.4 is 9.50 Å². The molecule has 2 atom stereocenters. The number of hydrogen-bond acceptors (Lipinski definition) is 4. The molecule has 2 rings (SSSR count). The Morgan fingerprint density at radius 3 is 2.19 bits per heavy atom. The van der Waals surface area contributed by atoms with Gasteiger partial charge in [-0.2, -0.15) is 21.6 Å². The Morgan fingerprint density at radius 2 is 1.69 bits per heavy atom. The number of rotatable bonds is 4. The van der Waals surface area contributed by atoms with E-state index < -0.39 is 21.4 Å². The Kier molecular flexibility index (Phi) is 5.89. The molecule has 1 aromatic rings. The van der Waals surface area contributed by atoms with Gasteiger partial charge in [0.1, 0.15) is 5.75 Å². The average Bonchev–Trinajstić information content (AvgIpc) is 2.47. The Morgan fingerprint density at radius 1 is 1.15 bits per heavy atom. The first-order valence-corrected chi connectivity index (χ1v) is 9.76. The van der Waals surface area contributed by atoms with Gasteiger partial charge in [-0.25, -0.2) is 0 Å². The Hall–Kier alpha value is -1.77. The Labute approximate surface area is 151 Å². The molecule has 1 aromatic carbocycles. The van der Waals surface area contributed by atoms with Gasteiger partial charge >= 0.3 is 15.6 Å². The summed E-state index contributed by atoms with van der Waals surface area (Å²) in [5, 5.41) is 2.98. The van der Waals surface area contributed by atoms with E-state index in [0.29, 0.717) is 22.6 Å². The topological polar surface area (TPSA) is 72.5 Å². The van der Waals surface area contributed by atoms with Crippen molar-refractivity contribution in [2.75, 3.05) is 0 Å². The van der Waals surface area contributed by atoms with Crippen LogP contribution in [0.1, 0.15) is 54.1 Å². The smallest absolute Gasteiger partial charge is 0.376 e. The predicted octanol–water partition coefficient (Wildman–Crippen LogP) is 3.84. The van der Waals surface area contributed by atoms with Crippen molar-refractivity contribution >= 4 is 16.0 Å². The molecule has 0 bridgehead atoms.